The molecule has 7 heteroatoms. The van der Waals surface area contributed by atoms with E-state index < -0.39 is 14.9 Å². The number of fused-ring (bicyclic) bond motifs is 4. The van der Waals surface area contributed by atoms with Crippen LogP contribution >= 0.6 is 0 Å². The van der Waals surface area contributed by atoms with Gasteiger partial charge in [-0.2, -0.15) is 0 Å². The molecule has 7 aromatic carbocycles. The summed E-state index contributed by atoms with van der Waals surface area (Å²) < 4.78 is 31.2. The molecule has 5 nitrogen and oxygen atoms in total. The molecule has 355 valence electrons. The van der Waals surface area contributed by atoms with E-state index in [0.29, 0.717) is 5.56 Å². The summed E-state index contributed by atoms with van der Waals surface area (Å²) in [5, 5.41) is 3.41. The zero-order chi connectivity index (χ0) is 51.2. The summed E-state index contributed by atoms with van der Waals surface area (Å²) in [6, 6.07) is 62.8. The average molecular weight is 1120 g/mol. The zero-order valence-electron chi connectivity index (χ0n) is 44.4. The molecular formula is C64H58IrN4OSi-2. The Hall–Kier alpha value is -7.02. The predicted octanol–water partition coefficient (Wildman–Crippen LogP) is 16.7. The molecule has 0 aliphatic heterocycles. The van der Waals surface area contributed by atoms with Crippen LogP contribution in [0.15, 0.2) is 181 Å². The van der Waals surface area contributed by atoms with Crippen molar-refractivity contribution < 1.29 is 28.6 Å². The molecule has 0 fully saturated rings. The number of hydrogen-bond donors (Lipinski definition) is 0. The van der Waals surface area contributed by atoms with E-state index in [1.54, 1.807) is 12.1 Å². The zero-order valence-corrected chi connectivity index (χ0v) is 44.8. The minimum absolute atomic E-state index is 0. The third-order valence-electron chi connectivity index (χ3n) is 13.2. The topological polar surface area (TPSA) is 56.7 Å². The first kappa shape index (κ1) is 45.1. The number of rotatable bonds is 9. The van der Waals surface area contributed by atoms with Crippen molar-refractivity contribution in [3.63, 3.8) is 0 Å². The summed E-state index contributed by atoms with van der Waals surface area (Å²) in [4.78, 5) is 14.8. The Labute approximate surface area is 437 Å². The SMILES string of the molecule is Cc1ccnc2c1nc(-c1[c-]ccc3c1oc1cc(-c4ccc(-c5ccccc5)cc4)ccc13)n2-c1c(C(C)C)cc(-c2ccccc2)cc1C(C)C.[2H]C([2H])([2H])c1c[c-]c(-c2ccc([Si](C)(C)C)cn2)cc1.[Ir]. The van der Waals surface area contributed by atoms with Gasteiger partial charge in [0, 0.05) is 47.7 Å². The molecule has 11 rings (SSSR count). The minimum Gasteiger partial charge on any atom is -0.501 e. The van der Waals surface area contributed by atoms with E-state index in [4.69, 9.17) is 18.5 Å². The van der Waals surface area contributed by atoms with Gasteiger partial charge in [-0.05, 0) is 104 Å². The van der Waals surface area contributed by atoms with Gasteiger partial charge in [-0.3, -0.25) is 4.98 Å². The van der Waals surface area contributed by atoms with Gasteiger partial charge in [0.15, 0.2) is 5.65 Å². The number of hydrogen-bond acceptors (Lipinski definition) is 4. The summed E-state index contributed by atoms with van der Waals surface area (Å²) in [6.07, 6.45) is 3.81. The quantitative estimate of drug-likeness (QED) is 0.107. The van der Waals surface area contributed by atoms with Gasteiger partial charge in [-0.1, -0.05) is 174 Å². The van der Waals surface area contributed by atoms with Crippen molar-refractivity contribution in [2.75, 3.05) is 0 Å². The number of benzene rings is 7. The second kappa shape index (κ2) is 20.4. The average Bonchev–Trinajstić information content (AvgIpc) is 3.98. The molecule has 1 radical (unpaired) electrons. The van der Waals surface area contributed by atoms with Crippen LogP contribution in [0, 0.1) is 25.9 Å². The van der Waals surface area contributed by atoms with E-state index in [1.807, 2.05) is 36.7 Å². The molecule has 4 heterocycles. The normalized spacial score (nSPS) is 12.4. The third-order valence-corrected chi connectivity index (χ3v) is 15.2. The van der Waals surface area contributed by atoms with Gasteiger partial charge in [-0.25, -0.2) is 4.98 Å². The third kappa shape index (κ3) is 9.88. The number of aryl methyl sites for hydroxylation is 2. The summed E-state index contributed by atoms with van der Waals surface area (Å²) >= 11 is 0. The Morgan fingerprint density at radius 1 is 0.634 bits per heavy atom. The maximum Gasteiger partial charge on any atom is 0.155 e. The number of nitrogens with zero attached hydrogens (tertiary/aromatic N) is 4. The number of aromatic nitrogens is 4. The first-order valence-electron chi connectivity index (χ1n) is 25.6. The second-order valence-electron chi connectivity index (χ2n) is 19.8. The fraction of sp³-hybridized carbons (Fsp3) is 0.172. The standard InChI is InChI=1S/C49H40N3O.C15H18NSi.Ir/c1-30(2)42-27-38(34-15-10-7-11-16-34)28-43(31(3)4)46(42)52-48(51-45-32(5)25-26-50-49(45)52)41-18-12-17-40-39-24-23-37(29-44(39)53-47(40)41)36-21-19-35(20-22-36)33-13-8-6-9-14-33;1-12-5-7-13(8-6-12)15-10-9-14(11-16-15)17(2,3)4;/h6-17,19-31H,1-5H3;5-7,9-11H,1-4H3;/q2*-1;/i;1D3;. The van der Waals surface area contributed by atoms with Crippen molar-refractivity contribution in [2.45, 2.75) is 72.9 Å². The Bertz CT molecular complexity index is 3660. The molecule has 0 amide bonds. The molecule has 0 saturated heterocycles. The van der Waals surface area contributed by atoms with Gasteiger partial charge < -0.3 is 14.0 Å². The molecule has 0 aliphatic carbocycles. The van der Waals surface area contributed by atoms with Crippen molar-refractivity contribution in [1.29, 1.82) is 0 Å². The maximum atomic E-state index is 7.35. The Morgan fingerprint density at radius 2 is 1.27 bits per heavy atom. The fourth-order valence-electron chi connectivity index (χ4n) is 9.24. The first-order chi connectivity index (χ1) is 35.0. The molecule has 0 N–H and O–H groups in total. The number of imidazole rings is 1. The maximum absolute atomic E-state index is 7.35. The smallest absolute Gasteiger partial charge is 0.155 e. The minimum atomic E-state index is -2.08. The van der Waals surface area contributed by atoms with Crippen LogP contribution in [0.4, 0.5) is 0 Å². The molecule has 4 aromatic heterocycles. The Kier molecular flexibility index (Phi) is 12.9. The van der Waals surface area contributed by atoms with Crippen LogP contribution in [-0.4, -0.2) is 27.6 Å². The molecule has 71 heavy (non-hydrogen) atoms. The predicted molar refractivity (Wildman–Crippen MR) is 296 cm³/mol. The second-order valence-corrected chi connectivity index (χ2v) is 24.9. The van der Waals surface area contributed by atoms with E-state index in [0.717, 1.165) is 78.1 Å². The van der Waals surface area contributed by atoms with Crippen molar-refractivity contribution in [1.82, 2.24) is 19.5 Å². The van der Waals surface area contributed by atoms with Crippen LogP contribution in [0.2, 0.25) is 19.6 Å². The molecule has 11 aromatic rings. The van der Waals surface area contributed by atoms with Gasteiger partial charge >= 0.3 is 0 Å². The van der Waals surface area contributed by atoms with Crippen LogP contribution in [0.5, 0.6) is 0 Å². The monoisotopic (exact) mass is 1120 g/mol. The van der Waals surface area contributed by atoms with E-state index >= 15 is 0 Å². The fourth-order valence-corrected chi connectivity index (χ4v) is 10.3. The first-order valence-corrected chi connectivity index (χ1v) is 27.6. The summed E-state index contributed by atoms with van der Waals surface area (Å²) in [6.45, 7) is 16.0. The Balaban J connectivity index is 0.000000270. The van der Waals surface area contributed by atoms with Crippen LogP contribution in [0.25, 0.3) is 94.8 Å². The van der Waals surface area contributed by atoms with Gasteiger partial charge in [0.05, 0.1) is 25.0 Å². The Morgan fingerprint density at radius 3 is 1.86 bits per heavy atom. The summed E-state index contributed by atoms with van der Waals surface area (Å²) in [5.41, 5.74) is 17.9. The van der Waals surface area contributed by atoms with E-state index in [-0.39, 0.29) is 31.9 Å². The van der Waals surface area contributed by atoms with Crippen molar-refractivity contribution >= 4 is 46.4 Å². The molecular weight excluding hydrogens is 1060 g/mol. The molecule has 0 saturated carbocycles. The van der Waals surface area contributed by atoms with E-state index in [1.165, 1.54) is 44.6 Å². The summed E-state index contributed by atoms with van der Waals surface area (Å²) in [5.74, 6) is 1.26. The van der Waals surface area contributed by atoms with Crippen LogP contribution in [0.3, 0.4) is 0 Å². The van der Waals surface area contributed by atoms with Crippen molar-refractivity contribution in [3.05, 3.63) is 211 Å². The van der Waals surface area contributed by atoms with Crippen molar-refractivity contribution in [2.24, 2.45) is 0 Å². The van der Waals surface area contributed by atoms with E-state index in [2.05, 4.69) is 197 Å². The van der Waals surface area contributed by atoms with Gasteiger partial charge in [0.1, 0.15) is 5.58 Å². The van der Waals surface area contributed by atoms with Crippen molar-refractivity contribution in [3.8, 4) is 61.7 Å². The van der Waals surface area contributed by atoms with Gasteiger partial charge in [0.2, 0.25) is 0 Å². The van der Waals surface area contributed by atoms with Crippen LogP contribution < -0.4 is 5.19 Å². The molecule has 0 atom stereocenters. The van der Waals surface area contributed by atoms with Gasteiger partial charge in [0.25, 0.3) is 0 Å². The van der Waals surface area contributed by atoms with Crippen LogP contribution in [0.1, 0.15) is 65.9 Å². The van der Waals surface area contributed by atoms with Gasteiger partial charge in [-0.15, -0.1) is 53.6 Å². The molecule has 0 spiro atoms. The molecule has 0 aliphatic rings. The number of pyridine rings is 2. The summed E-state index contributed by atoms with van der Waals surface area (Å²) in [7, 11) is -1.34. The van der Waals surface area contributed by atoms with E-state index in [9.17, 15) is 0 Å². The number of furan rings is 1. The molecule has 0 unspecified atom stereocenters. The van der Waals surface area contributed by atoms with Crippen LogP contribution in [-0.2, 0) is 20.1 Å². The molecule has 0 bridgehead atoms. The largest absolute Gasteiger partial charge is 0.501 e.